The van der Waals surface area contributed by atoms with Crippen molar-refractivity contribution in [1.82, 2.24) is 0 Å². The lowest BCUT2D eigenvalue weighted by molar-refractivity contribution is -0.122. The van der Waals surface area contributed by atoms with Crippen LogP contribution < -0.4 is 4.90 Å². The molecule has 3 aliphatic rings. The molecule has 2 fully saturated rings. The number of nitrogens with zero attached hydrogens (tertiary/aromatic N) is 1. The first-order chi connectivity index (χ1) is 18.3. The standard InChI is InChI=1S/C33H39NO4/c1-5-10-22(17-23-15-20(3)31(35)21(4)16-23)13-14-28-29-24(6-2)18-26-30(27(29)19-38-28)33(37)34(32(26)36)25-11-8-7-9-12-25/h7-9,11-12,15-17,26-28,30,35H,5-6,10,13-14,18-19H2,1-4H3/b22-17+/t26-,27+,28-,30-/m1/s1. The molecule has 5 heteroatoms. The molecule has 5 rings (SSSR count). The first kappa shape index (κ1) is 26.4. The van der Waals surface area contributed by atoms with E-state index in [-0.39, 0.29) is 35.7 Å². The number of carbonyl (C=O) groups is 2. The second-order valence-corrected chi connectivity index (χ2v) is 11.1. The van der Waals surface area contributed by atoms with Crippen molar-refractivity contribution in [1.29, 1.82) is 0 Å². The number of anilines is 1. The van der Waals surface area contributed by atoms with Crippen LogP contribution in [0.4, 0.5) is 5.69 Å². The highest BCUT2D eigenvalue weighted by Crippen LogP contribution is 2.51. The molecule has 2 aromatic carbocycles. The summed E-state index contributed by atoms with van der Waals surface area (Å²) in [5.74, 6) is -0.396. The number of benzene rings is 2. The van der Waals surface area contributed by atoms with E-state index in [0.717, 1.165) is 48.8 Å². The number of rotatable bonds is 8. The zero-order valence-electron chi connectivity index (χ0n) is 23.0. The van der Waals surface area contributed by atoms with Gasteiger partial charge in [0, 0.05) is 5.92 Å². The van der Waals surface area contributed by atoms with Gasteiger partial charge in [0.2, 0.25) is 11.8 Å². The van der Waals surface area contributed by atoms with Crippen LogP contribution in [0.2, 0.25) is 0 Å². The van der Waals surface area contributed by atoms with Crippen LogP contribution >= 0.6 is 0 Å². The zero-order valence-corrected chi connectivity index (χ0v) is 23.0. The fourth-order valence-electron chi connectivity index (χ4n) is 6.86. The molecule has 2 amide bonds. The van der Waals surface area contributed by atoms with Crippen LogP contribution in [-0.4, -0.2) is 29.6 Å². The van der Waals surface area contributed by atoms with Crippen LogP contribution in [0, 0.1) is 31.6 Å². The molecular weight excluding hydrogens is 474 g/mol. The molecule has 2 aliphatic heterocycles. The molecule has 0 unspecified atom stereocenters. The van der Waals surface area contributed by atoms with Gasteiger partial charge in [0.1, 0.15) is 5.75 Å². The summed E-state index contributed by atoms with van der Waals surface area (Å²) in [7, 11) is 0. The monoisotopic (exact) mass is 513 g/mol. The van der Waals surface area contributed by atoms with Gasteiger partial charge < -0.3 is 9.84 Å². The van der Waals surface area contributed by atoms with Gasteiger partial charge in [-0.25, -0.2) is 0 Å². The van der Waals surface area contributed by atoms with Crippen molar-refractivity contribution in [2.45, 2.75) is 72.3 Å². The summed E-state index contributed by atoms with van der Waals surface area (Å²) in [6, 6.07) is 13.4. The predicted octanol–water partition coefficient (Wildman–Crippen LogP) is 6.90. The van der Waals surface area contributed by atoms with E-state index in [1.807, 2.05) is 56.3 Å². The SMILES string of the molecule is CCC/C(=C\c1cc(C)c(O)c(C)c1)CC[C@H]1OC[C@H]2C1=C(CC)C[C@H]1C(=O)N(c3ccccc3)C(=O)[C@H]12. The first-order valence-corrected chi connectivity index (χ1v) is 14.1. The average Bonchev–Trinajstić information content (AvgIpc) is 3.44. The molecule has 1 N–H and O–H groups in total. The Kier molecular flexibility index (Phi) is 7.58. The van der Waals surface area contributed by atoms with Gasteiger partial charge in [-0.3, -0.25) is 14.5 Å². The molecule has 0 radical (unpaired) electrons. The van der Waals surface area contributed by atoms with Crippen LogP contribution in [0.25, 0.3) is 6.08 Å². The number of fused-ring (bicyclic) bond motifs is 3. The number of aromatic hydroxyl groups is 1. The topological polar surface area (TPSA) is 66.8 Å². The van der Waals surface area contributed by atoms with Crippen molar-refractivity contribution >= 4 is 23.6 Å². The van der Waals surface area contributed by atoms with Gasteiger partial charge >= 0.3 is 0 Å². The molecule has 5 nitrogen and oxygen atoms in total. The van der Waals surface area contributed by atoms with Crippen LogP contribution in [0.3, 0.4) is 0 Å². The first-order valence-electron chi connectivity index (χ1n) is 14.1. The summed E-state index contributed by atoms with van der Waals surface area (Å²) in [6.07, 6.45) is 7.66. The molecule has 2 saturated heterocycles. The lowest BCUT2D eigenvalue weighted by Gasteiger charge is -2.31. The van der Waals surface area contributed by atoms with E-state index in [0.29, 0.717) is 24.5 Å². The lowest BCUT2D eigenvalue weighted by Crippen LogP contribution is -2.34. The zero-order chi connectivity index (χ0) is 27.0. The van der Waals surface area contributed by atoms with E-state index in [4.69, 9.17) is 4.74 Å². The predicted molar refractivity (Wildman–Crippen MR) is 151 cm³/mol. The number of ether oxygens (including phenoxy) is 1. The summed E-state index contributed by atoms with van der Waals surface area (Å²) in [5.41, 5.74) is 7.54. The fraction of sp³-hybridized carbons (Fsp3) is 0.455. The van der Waals surface area contributed by atoms with Crippen molar-refractivity contribution in [2.75, 3.05) is 11.5 Å². The normalized spacial score (nSPS) is 25.3. The summed E-state index contributed by atoms with van der Waals surface area (Å²) >= 11 is 0. The van der Waals surface area contributed by atoms with Gasteiger partial charge in [0.05, 0.1) is 30.2 Å². The molecule has 2 aromatic rings. The highest BCUT2D eigenvalue weighted by Gasteiger charge is 2.57. The number of phenolic OH excluding ortho intramolecular Hbond substituents is 1. The van der Waals surface area contributed by atoms with E-state index in [1.165, 1.54) is 21.6 Å². The van der Waals surface area contributed by atoms with E-state index in [2.05, 4.69) is 19.9 Å². The number of hydrogen-bond acceptors (Lipinski definition) is 4. The summed E-state index contributed by atoms with van der Waals surface area (Å²) in [5, 5.41) is 10.2. The van der Waals surface area contributed by atoms with Gasteiger partial charge in [0.15, 0.2) is 0 Å². The molecule has 200 valence electrons. The van der Waals surface area contributed by atoms with Gasteiger partial charge in [0.25, 0.3) is 0 Å². The quantitative estimate of drug-likeness (QED) is 0.308. The molecule has 0 spiro atoms. The minimum absolute atomic E-state index is 0.00637. The third-order valence-electron chi connectivity index (χ3n) is 8.63. The molecule has 2 heterocycles. The second-order valence-electron chi connectivity index (χ2n) is 11.1. The van der Waals surface area contributed by atoms with E-state index in [1.54, 1.807) is 0 Å². The summed E-state index contributed by atoms with van der Waals surface area (Å²) < 4.78 is 6.40. The number of para-hydroxylation sites is 1. The molecular formula is C33H39NO4. The van der Waals surface area contributed by atoms with Gasteiger partial charge in [-0.2, -0.15) is 0 Å². The Morgan fingerprint density at radius 1 is 1.03 bits per heavy atom. The highest BCUT2D eigenvalue weighted by atomic mass is 16.5. The summed E-state index contributed by atoms with van der Waals surface area (Å²) in [6.45, 7) is 8.74. The Balaban J connectivity index is 1.37. The average molecular weight is 514 g/mol. The smallest absolute Gasteiger partial charge is 0.238 e. The Bertz CT molecular complexity index is 1270. The maximum atomic E-state index is 13.6. The summed E-state index contributed by atoms with van der Waals surface area (Å²) in [4.78, 5) is 28.5. The highest BCUT2D eigenvalue weighted by molar-refractivity contribution is 6.22. The Hall–Kier alpha value is -3.18. The van der Waals surface area contributed by atoms with Crippen molar-refractivity contribution < 1.29 is 19.4 Å². The van der Waals surface area contributed by atoms with Gasteiger partial charge in [-0.15, -0.1) is 0 Å². The van der Waals surface area contributed by atoms with Crippen molar-refractivity contribution in [3.05, 3.63) is 75.9 Å². The van der Waals surface area contributed by atoms with Crippen LogP contribution in [0.15, 0.2) is 59.2 Å². The van der Waals surface area contributed by atoms with Crippen LogP contribution in [0.5, 0.6) is 5.75 Å². The van der Waals surface area contributed by atoms with Crippen LogP contribution in [-0.2, 0) is 14.3 Å². The molecule has 38 heavy (non-hydrogen) atoms. The number of carbonyl (C=O) groups excluding carboxylic acids is 2. The number of aryl methyl sites for hydroxylation is 2. The third kappa shape index (κ3) is 4.73. The largest absolute Gasteiger partial charge is 0.507 e. The van der Waals surface area contributed by atoms with E-state index >= 15 is 0 Å². The molecule has 0 aromatic heterocycles. The number of imide groups is 1. The Morgan fingerprint density at radius 2 is 1.74 bits per heavy atom. The van der Waals surface area contributed by atoms with E-state index < -0.39 is 0 Å². The third-order valence-corrected chi connectivity index (χ3v) is 8.63. The molecule has 1 aliphatic carbocycles. The molecule has 4 atom stereocenters. The van der Waals surface area contributed by atoms with Crippen molar-refractivity contribution in [2.24, 2.45) is 17.8 Å². The minimum Gasteiger partial charge on any atom is -0.507 e. The maximum Gasteiger partial charge on any atom is 0.238 e. The fourth-order valence-corrected chi connectivity index (χ4v) is 6.86. The number of phenols is 1. The maximum absolute atomic E-state index is 13.6. The second kappa shape index (κ2) is 10.9. The van der Waals surface area contributed by atoms with Crippen LogP contribution in [0.1, 0.15) is 69.1 Å². The molecule has 0 saturated carbocycles. The van der Waals surface area contributed by atoms with Crippen molar-refractivity contribution in [3.8, 4) is 5.75 Å². The number of hydrogen-bond donors (Lipinski definition) is 1. The number of allylic oxidation sites excluding steroid dienone is 2. The number of amides is 2. The van der Waals surface area contributed by atoms with Gasteiger partial charge in [-0.1, -0.05) is 55.7 Å². The Morgan fingerprint density at radius 3 is 2.39 bits per heavy atom. The van der Waals surface area contributed by atoms with E-state index in [9.17, 15) is 14.7 Å². The Labute approximate surface area is 226 Å². The lowest BCUT2D eigenvalue weighted by atomic mass is 9.69. The minimum atomic E-state index is -0.327. The van der Waals surface area contributed by atoms with Crippen molar-refractivity contribution in [3.63, 3.8) is 0 Å². The van der Waals surface area contributed by atoms with Gasteiger partial charge in [-0.05, 0) is 92.5 Å². The molecule has 0 bridgehead atoms.